The number of hydrogen-bond donors (Lipinski definition) is 1. The van der Waals surface area contributed by atoms with Gasteiger partial charge in [0.05, 0.1) is 5.69 Å². The maximum absolute atomic E-state index is 13.5. The van der Waals surface area contributed by atoms with Crippen molar-refractivity contribution in [3.63, 3.8) is 0 Å². The van der Waals surface area contributed by atoms with E-state index in [-0.39, 0.29) is 29.2 Å². The summed E-state index contributed by atoms with van der Waals surface area (Å²) in [7, 11) is 0. The minimum Gasteiger partial charge on any atom is -0.477 e. The van der Waals surface area contributed by atoms with Gasteiger partial charge in [-0.25, -0.2) is 9.48 Å². The van der Waals surface area contributed by atoms with E-state index in [9.17, 15) is 14.7 Å². The summed E-state index contributed by atoms with van der Waals surface area (Å²) < 4.78 is 1.56. The molecule has 1 aromatic heterocycles. The van der Waals surface area contributed by atoms with Gasteiger partial charge in [0.25, 0.3) is 0 Å². The van der Waals surface area contributed by atoms with Gasteiger partial charge in [0, 0.05) is 18.2 Å². The smallest absolute Gasteiger partial charge is 0.341 e. The lowest BCUT2D eigenvalue weighted by Gasteiger charge is -2.32. The molecule has 0 atom stereocenters. The van der Waals surface area contributed by atoms with Gasteiger partial charge in [-0.2, -0.15) is 0 Å². The Morgan fingerprint density at radius 3 is 2.17 bits per heavy atom. The average molecular weight is 486 g/mol. The quantitative estimate of drug-likeness (QED) is 0.410. The predicted molar refractivity (Wildman–Crippen MR) is 143 cm³/mol. The highest BCUT2D eigenvalue weighted by Gasteiger charge is 2.34. The van der Waals surface area contributed by atoms with Crippen LogP contribution in [0.5, 0.6) is 0 Å². The Morgan fingerprint density at radius 2 is 1.61 bits per heavy atom. The summed E-state index contributed by atoms with van der Waals surface area (Å²) in [6.07, 6.45) is 7.30. The summed E-state index contributed by atoms with van der Waals surface area (Å²) in [6.45, 7) is 8.05. The molecule has 0 radical (unpaired) electrons. The summed E-state index contributed by atoms with van der Waals surface area (Å²) in [5.41, 5.74) is 4.07. The lowest BCUT2D eigenvalue weighted by atomic mass is 9.82. The molecular formula is C30H35N3O3. The van der Waals surface area contributed by atoms with E-state index in [2.05, 4.69) is 30.2 Å². The van der Waals surface area contributed by atoms with E-state index in [1.165, 1.54) is 6.20 Å². The topological polar surface area (TPSA) is 75.4 Å². The zero-order valence-corrected chi connectivity index (χ0v) is 21.5. The van der Waals surface area contributed by atoms with Gasteiger partial charge in [-0.15, -0.1) is 5.10 Å². The molecular weight excluding hydrogens is 450 g/mol. The monoisotopic (exact) mass is 485 g/mol. The van der Waals surface area contributed by atoms with Crippen molar-refractivity contribution in [1.29, 1.82) is 0 Å². The van der Waals surface area contributed by atoms with Gasteiger partial charge < -0.3 is 5.11 Å². The molecule has 0 bridgehead atoms. The minimum atomic E-state index is -1.09. The first kappa shape index (κ1) is 25.4. The number of anilines is 1. The van der Waals surface area contributed by atoms with Gasteiger partial charge in [0.15, 0.2) is 5.82 Å². The Labute approximate surface area is 213 Å². The van der Waals surface area contributed by atoms with E-state index >= 15 is 0 Å². The van der Waals surface area contributed by atoms with Crippen molar-refractivity contribution in [2.45, 2.75) is 59.4 Å². The van der Waals surface area contributed by atoms with E-state index in [1.54, 1.807) is 9.58 Å². The summed E-state index contributed by atoms with van der Waals surface area (Å²) in [6, 6.07) is 17.8. The molecule has 1 N–H and O–H groups in total. The van der Waals surface area contributed by atoms with Crippen LogP contribution in [-0.4, -0.2) is 32.8 Å². The summed E-state index contributed by atoms with van der Waals surface area (Å²) in [4.78, 5) is 27.3. The molecule has 2 aromatic carbocycles. The number of amides is 1. The minimum absolute atomic E-state index is 0.0272. The van der Waals surface area contributed by atoms with E-state index in [4.69, 9.17) is 0 Å². The van der Waals surface area contributed by atoms with Gasteiger partial charge in [0.1, 0.15) is 5.56 Å². The third-order valence-electron chi connectivity index (χ3n) is 7.09. The van der Waals surface area contributed by atoms with Crippen molar-refractivity contribution in [3.05, 3.63) is 83.6 Å². The average Bonchev–Trinajstić information content (AvgIpc) is 3.31. The van der Waals surface area contributed by atoms with Crippen LogP contribution in [0.25, 0.3) is 11.3 Å². The first-order valence-corrected chi connectivity index (χ1v) is 12.8. The van der Waals surface area contributed by atoms with Crippen molar-refractivity contribution < 1.29 is 14.7 Å². The molecule has 6 nitrogen and oxygen atoms in total. The number of carbonyl (C=O) groups is 2. The molecule has 1 fully saturated rings. The highest BCUT2D eigenvalue weighted by molar-refractivity contribution is 6.01. The fourth-order valence-electron chi connectivity index (χ4n) is 5.04. The van der Waals surface area contributed by atoms with Gasteiger partial charge in [-0.05, 0) is 81.2 Å². The van der Waals surface area contributed by atoms with E-state index < -0.39 is 5.97 Å². The second kappa shape index (κ2) is 10.9. The van der Waals surface area contributed by atoms with Crippen LogP contribution in [0.3, 0.4) is 0 Å². The van der Waals surface area contributed by atoms with Crippen molar-refractivity contribution in [2.75, 3.05) is 4.90 Å². The van der Waals surface area contributed by atoms with Crippen LogP contribution in [0.4, 0.5) is 5.82 Å². The number of rotatable bonds is 7. The van der Waals surface area contributed by atoms with Crippen molar-refractivity contribution in [2.24, 2.45) is 11.8 Å². The number of carboxylic acids is 1. The summed E-state index contributed by atoms with van der Waals surface area (Å²) >= 11 is 0. The van der Waals surface area contributed by atoms with Crippen molar-refractivity contribution >= 4 is 23.3 Å². The summed E-state index contributed by atoms with van der Waals surface area (Å²) in [5, 5.41) is 14.6. The van der Waals surface area contributed by atoms with Crippen LogP contribution in [0.1, 0.15) is 74.9 Å². The second-order valence-electron chi connectivity index (χ2n) is 9.99. The lowest BCUT2D eigenvalue weighted by molar-refractivity contribution is -0.124. The highest BCUT2D eigenvalue weighted by atomic mass is 16.4. The lowest BCUT2D eigenvalue weighted by Crippen LogP contribution is -2.43. The molecule has 0 spiro atoms. The van der Waals surface area contributed by atoms with E-state index in [0.717, 1.165) is 48.1 Å². The molecule has 188 valence electrons. The molecule has 6 heteroatoms. The largest absolute Gasteiger partial charge is 0.477 e. The van der Waals surface area contributed by atoms with Crippen LogP contribution in [0, 0.1) is 11.8 Å². The van der Waals surface area contributed by atoms with Crippen molar-refractivity contribution in [1.82, 2.24) is 9.78 Å². The third kappa shape index (κ3) is 5.27. The third-order valence-corrected chi connectivity index (χ3v) is 7.09. The van der Waals surface area contributed by atoms with Crippen LogP contribution < -0.4 is 4.90 Å². The molecule has 4 rings (SSSR count). The molecule has 1 aliphatic carbocycles. The fourth-order valence-corrected chi connectivity index (χ4v) is 5.04. The number of hydrogen-bond acceptors (Lipinski definition) is 3. The Kier molecular flexibility index (Phi) is 7.73. The molecule has 1 saturated carbocycles. The van der Waals surface area contributed by atoms with Crippen LogP contribution in [0.15, 0.2) is 66.9 Å². The molecule has 3 aromatic rings. The van der Waals surface area contributed by atoms with E-state index in [1.807, 2.05) is 63.2 Å². The molecule has 0 aliphatic heterocycles. The van der Waals surface area contributed by atoms with Crippen LogP contribution in [0.2, 0.25) is 0 Å². The Bertz CT molecular complexity index is 1230. The van der Waals surface area contributed by atoms with Gasteiger partial charge in [-0.3, -0.25) is 9.69 Å². The molecule has 0 unspecified atom stereocenters. The molecule has 0 saturated heterocycles. The molecule has 1 amide bonds. The Morgan fingerprint density at radius 1 is 1.00 bits per heavy atom. The molecule has 36 heavy (non-hydrogen) atoms. The number of benzene rings is 2. The summed E-state index contributed by atoms with van der Waals surface area (Å²) in [5.74, 6) is -0.372. The van der Waals surface area contributed by atoms with Crippen molar-refractivity contribution in [3.8, 4) is 5.69 Å². The van der Waals surface area contributed by atoms with Crippen LogP contribution >= 0.6 is 0 Å². The first-order valence-electron chi connectivity index (χ1n) is 12.8. The number of aromatic nitrogens is 2. The molecule has 1 heterocycles. The zero-order valence-electron chi connectivity index (χ0n) is 21.5. The van der Waals surface area contributed by atoms with E-state index in [0.29, 0.717) is 5.92 Å². The maximum Gasteiger partial charge on any atom is 0.341 e. The normalized spacial score (nSPS) is 18.3. The van der Waals surface area contributed by atoms with Gasteiger partial charge in [-0.1, -0.05) is 55.5 Å². The zero-order chi connectivity index (χ0) is 25.8. The second-order valence-corrected chi connectivity index (χ2v) is 9.99. The molecule has 1 aliphatic rings. The predicted octanol–water partition coefficient (Wildman–Crippen LogP) is 6.59. The number of allylic oxidation sites excluding steroid dienone is 1. The van der Waals surface area contributed by atoms with Gasteiger partial charge in [0.2, 0.25) is 5.91 Å². The Hall–Kier alpha value is -3.67. The Balaban J connectivity index is 1.66. The number of nitrogens with zero attached hydrogens (tertiary/aromatic N) is 3. The number of aromatic carboxylic acids is 1. The maximum atomic E-state index is 13.5. The highest BCUT2D eigenvalue weighted by Crippen LogP contribution is 2.33. The fraction of sp³-hybridized carbons (Fsp3) is 0.367. The SMILES string of the molecule is C/C=C(\c1ccccc1)c1ccc(-n2cc(C(=O)O)c(N(C(=O)[C@H]3CC[C@H](C)CC3)C(C)C)n2)cc1. The van der Waals surface area contributed by atoms with Gasteiger partial charge >= 0.3 is 5.97 Å². The number of carbonyl (C=O) groups excluding carboxylic acids is 1. The van der Waals surface area contributed by atoms with Crippen LogP contribution in [-0.2, 0) is 4.79 Å². The number of carboxylic acid groups (broad SMARTS) is 1. The standard InChI is InChI=1S/C30H35N3O3/c1-5-26(22-9-7-6-8-10-22)23-15-17-25(18-16-23)32-19-27(30(35)36)28(31-32)33(20(2)3)29(34)24-13-11-21(4)12-14-24/h5-10,15-21,24H,11-14H2,1-4H3,(H,35,36)/b26-5+/t21-,24-. The first-order chi connectivity index (χ1) is 17.3.